The van der Waals surface area contributed by atoms with Gasteiger partial charge in [0.2, 0.25) is 0 Å². The molecule has 0 saturated heterocycles. The summed E-state index contributed by atoms with van der Waals surface area (Å²) < 4.78 is 2.09. The molecular formula is C22H24N4O. The number of hydrogen-bond donors (Lipinski definition) is 1. The maximum Gasteiger partial charge on any atom is 0.251 e. The van der Waals surface area contributed by atoms with Gasteiger partial charge in [0.1, 0.15) is 5.82 Å². The number of carbonyl (C=O) groups is 1. The Balaban J connectivity index is 1.38. The first-order chi connectivity index (χ1) is 13.2. The molecule has 0 radical (unpaired) electrons. The van der Waals surface area contributed by atoms with Crippen molar-refractivity contribution < 1.29 is 4.79 Å². The highest BCUT2D eigenvalue weighted by atomic mass is 16.1. The third-order valence-electron chi connectivity index (χ3n) is 4.89. The smallest absolute Gasteiger partial charge is 0.251 e. The molecule has 0 fully saturated rings. The lowest BCUT2D eigenvalue weighted by molar-refractivity contribution is 0.0951. The minimum Gasteiger partial charge on any atom is -0.352 e. The third kappa shape index (κ3) is 4.03. The lowest BCUT2D eigenvalue weighted by atomic mass is 10.1. The van der Waals surface area contributed by atoms with Gasteiger partial charge < -0.3 is 10.2 Å². The number of benzene rings is 2. The van der Waals surface area contributed by atoms with E-state index >= 15 is 0 Å². The maximum absolute atomic E-state index is 12.4. The van der Waals surface area contributed by atoms with Crippen molar-refractivity contribution in [1.82, 2.24) is 15.1 Å². The predicted octanol–water partition coefficient (Wildman–Crippen LogP) is 3.53. The second-order valence-electron chi connectivity index (χ2n) is 7.01. The van der Waals surface area contributed by atoms with E-state index in [0.717, 1.165) is 37.3 Å². The third-order valence-corrected chi connectivity index (χ3v) is 4.89. The highest BCUT2D eigenvalue weighted by Crippen LogP contribution is 2.23. The molecule has 3 aromatic rings. The average Bonchev–Trinajstić information content (AvgIpc) is 3.09. The number of aryl methyl sites for hydroxylation is 2. The number of aromatic nitrogens is 2. The van der Waals surface area contributed by atoms with Crippen LogP contribution in [0.2, 0.25) is 0 Å². The minimum absolute atomic E-state index is 0.0444. The summed E-state index contributed by atoms with van der Waals surface area (Å²) in [6, 6.07) is 20.0. The van der Waals surface area contributed by atoms with Crippen molar-refractivity contribution in [3.8, 4) is 0 Å². The number of fused-ring (bicyclic) bond motifs is 1. The predicted molar refractivity (Wildman–Crippen MR) is 107 cm³/mol. The molecule has 1 N–H and O–H groups in total. The molecule has 1 amide bonds. The first kappa shape index (κ1) is 17.3. The number of nitrogens with zero attached hydrogens (tertiary/aromatic N) is 3. The lowest BCUT2D eigenvalue weighted by Gasteiger charge is -2.29. The molecule has 0 aliphatic carbocycles. The van der Waals surface area contributed by atoms with Crippen LogP contribution in [-0.2, 0) is 19.6 Å². The zero-order valence-electron chi connectivity index (χ0n) is 15.6. The number of amides is 1. The summed E-state index contributed by atoms with van der Waals surface area (Å²) in [6.45, 7) is 5.42. The molecule has 1 aromatic heterocycles. The van der Waals surface area contributed by atoms with E-state index in [1.807, 2.05) is 61.5 Å². The van der Waals surface area contributed by atoms with Crippen LogP contribution in [0.4, 0.5) is 5.82 Å². The van der Waals surface area contributed by atoms with E-state index in [0.29, 0.717) is 12.1 Å². The highest BCUT2D eigenvalue weighted by Gasteiger charge is 2.18. The van der Waals surface area contributed by atoms with E-state index in [1.165, 1.54) is 11.4 Å². The van der Waals surface area contributed by atoms with Crippen molar-refractivity contribution in [2.45, 2.75) is 33.0 Å². The van der Waals surface area contributed by atoms with Gasteiger partial charge in [0.15, 0.2) is 0 Å². The van der Waals surface area contributed by atoms with Crippen molar-refractivity contribution in [2.75, 3.05) is 11.4 Å². The fourth-order valence-electron chi connectivity index (χ4n) is 3.50. The molecule has 0 spiro atoms. The Labute approximate surface area is 159 Å². The van der Waals surface area contributed by atoms with Crippen LogP contribution in [0.15, 0.2) is 60.7 Å². The SMILES string of the molecule is Cc1cc2n(n1)CCCN2Cc1ccc(C(=O)NCc2ccccc2)cc1. The Morgan fingerprint density at radius 3 is 2.59 bits per heavy atom. The summed E-state index contributed by atoms with van der Waals surface area (Å²) in [5.41, 5.74) is 4.04. The average molecular weight is 360 g/mol. The zero-order chi connectivity index (χ0) is 18.6. The second kappa shape index (κ2) is 7.66. The van der Waals surface area contributed by atoms with Gasteiger partial charge in [-0.2, -0.15) is 5.10 Å². The molecule has 1 aliphatic heterocycles. The van der Waals surface area contributed by atoms with Crippen LogP contribution < -0.4 is 10.2 Å². The van der Waals surface area contributed by atoms with Gasteiger partial charge in [0.25, 0.3) is 5.91 Å². The van der Waals surface area contributed by atoms with Crippen LogP contribution in [0.25, 0.3) is 0 Å². The fourth-order valence-corrected chi connectivity index (χ4v) is 3.50. The highest BCUT2D eigenvalue weighted by molar-refractivity contribution is 5.94. The van der Waals surface area contributed by atoms with Gasteiger partial charge in [0.05, 0.1) is 5.69 Å². The Hall–Kier alpha value is -3.08. The van der Waals surface area contributed by atoms with Crippen molar-refractivity contribution in [3.63, 3.8) is 0 Å². The second-order valence-corrected chi connectivity index (χ2v) is 7.01. The molecule has 1 aliphatic rings. The molecule has 2 aromatic carbocycles. The molecule has 2 heterocycles. The zero-order valence-corrected chi connectivity index (χ0v) is 15.6. The van der Waals surface area contributed by atoms with E-state index in [1.54, 1.807) is 0 Å². The summed E-state index contributed by atoms with van der Waals surface area (Å²) in [4.78, 5) is 14.7. The van der Waals surface area contributed by atoms with E-state index in [4.69, 9.17) is 0 Å². The van der Waals surface area contributed by atoms with Gasteiger partial charge in [-0.25, -0.2) is 4.68 Å². The summed E-state index contributed by atoms with van der Waals surface area (Å²) >= 11 is 0. The molecule has 27 heavy (non-hydrogen) atoms. The number of anilines is 1. The first-order valence-electron chi connectivity index (χ1n) is 9.39. The molecule has 0 atom stereocenters. The summed E-state index contributed by atoms with van der Waals surface area (Å²) in [5.74, 6) is 1.14. The molecule has 138 valence electrons. The van der Waals surface area contributed by atoms with E-state index in [2.05, 4.69) is 26.1 Å². The van der Waals surface area contributed by atoms with Crippen molar-refractivity contribution in [2.24, 2.45) is 0 Å². The van der Waals surface area contributed by atoms with Gasteiger partial charge in [-0.1, -0.05) is 42.5 Å². The number of hydrogen-bond acceptors (Lipinski definition) is 3. The Bertz CT molecular complexity index is 915. The Morgan fingerprint density at radius 1 is 1.04 bits per heavy atom. The standard InChI is InChI=1S/C22H24N4O/c1-17-14-21-25(12-5-13-26(21)24-17)16-19-8-10-20(11-9-19)22(27)23-15-18-6-3-2-4-7-18/h2-4,6-11,14H,5,12-13,15-16H2,1H3,(H,23,27). The molecular weight excluding hydrogens is 336 g/mol. The normalized spacial score (nSPS) is 13.3. The summed E-state index contributed by atoms with van der Waals surface area (Å²) in [5, 5.41) is 7.52. The van der Waals surface area contributed by atoms with E-state index in [-0.39, 0.29) is 5.91 Å². The number of nitrogens with one attached hydrogen (secondary N) is 1. The van der Waals surface area contributed by atoms with Crippen LogP contribution in [0.3, 0.4) is 0 Å². The van der Waals surface area contributed by atoms with Crippen molar-refractivity contribution in [3.05, 3.63) is 83.0 Å². The van der Waals surface area contributed by atoms with Crippen LogP contribution in [0.1, 0.15) is 33.6 Å². The Morgan fingerprint density at radius 2 is 1.81 bits per heavy atom. The van der Waals surface area contributed by atoms with Gasteiger partial charge in [0, 0.05) is 37.8 Å². The van der Waals surface area contributed by atoms with Crippen molar-refractivity contribution in [1.29, 1.82) is 0 Å². The summed E-state index contributed by atoms with van der Waals surface area (Å²) in [6.07, 6.45) is 1.11. The number of rotatable bonds is 5. The number of carbonyl (C=O) groups excluding carboxylic acids is 1. The summed E-state index contributed by atoms with van der Waals surface area (Å²) in [7, 11) is 0. The monoisotopic (exact) mass is 360 g/mol. The maximum atomic E-state index is 12.4. The molecule has 0 unspecified atom stereocenters. The van der Waals surface area contributed by atoms with Crippen LogP contribution >= 0.6 is 0 Å². The first-order valence-corrected chi connectivity index (χ1v) is 9.39. The molecule has 4 rings (SSSR count). The van der Waals surface area contributed by atoms with Gasteiger partial charge in [-0.05, 0) is 36.6 Å². The topological polar surface area (TPSA) is 50.2 Å². The van der Waals surface area contributed by atoms with Crippen LogP contribution in [0, 0.1) is 6.92 Å². The fraction of sp³-hybridized carbons (Fsp3) is 0.273. The lowest BCUT2D eigenvalue weighted by Crippen LogP contribution is -2.31. The Kier molecular flexibility index (Phi) is 4.92. The minimum atomic E-state index is -0.0444. The molecule has 5 heteroatoms. The van der Waals surface area contributed by atoms with E-state index < -0.39 is 0 Å². The van der Waals surface area contributed by atoms with Crippen LogP contribution in [-0.4, -0.2) is 22.2 Å². The largest absolute Gasteiger partial charge is 0.352 e. The van der Waals surface area contributed by atoms with E-state index in [9.17, 15) is 4.79 Å². The van der Waals surface area contributed by atoms with Gasteiger partial charge in [-0.3, -0.25) is 4.79 Å². The van der Waals surface area contributed by atoms with Gasteiger partial charge >= 0.3 is 0 Å². The molecule has 0 bridgehead atoms. The van der Waals surface area contributed by atoms with Crippen LogP contribution in [0.5, 0.6) is 0 Å². The quantitative estimate of drug-likeness (QED) is 0.757. The molecule has 5 nitrogen and oxygen atoms in total. The van der Waals surface area contributed by atoms with Crippen molar-refractivity contribution >= 4 is 11.7 Å². The molecule has 0 saturated carbocycles. The van der Waals surface area contributed by atoms with Gasteiger partial charge in [-0.15, -0.1) is 0 Å².